The molecule has 33 heavy (non-hydrogen) atoms. The fraction of sp³-hybridized carbons (Fsp3) is 0.269. The van der Waals surface area contributed by atoms with E-state index in [0.29, 0.717) is 11.4 Å². The van der Waals surface area contributed by atoms with Crippen molar-refractivity contribution in [2.24, 2.45) is 0 Å². The van der Waals surface area contributed by atoms with E-state index in [1.165, 1.54) is 9.87 Å². The van der Waals surface area contributed by atoms with E-state index in [4.69, 9.17) is 4.74 Å². The lowest BCUT2D eigenvalue weighted by molar-refractivity contribution is -0.128. The first-order valence-corrected chi connectivity index (χ1v) is 12.3. The van der Waals surface area contributed by atoms with Crippen molar-refractivity contribution < 1.29 is 17.9 Å². The van der Waals surface area contributed by atoms with Gasteiger partial charge in [0.2, 0.25) is 0 Å². The first-order chi connectivity index (χ1) is 15.7. The highest BCUT2D eigenvalue weighted by atomic mass is 32.2. The highest BCUT2D eigenvalue weighted by molar-refractivity contribution is 7.92. The van der Waals surface area contributed by atoms with Gasteiger partial charge in [0.05, 0.1) is 23.2 Å². The molecule has 0 radical (unpaired) electrons. The summed E-state index contributed by atoms with van der Waals surface area (Å²) in [5.41, 5.74) is 4.89. The Labute approximate surface area is 195 Å². The largest absolute Gasteiger partial charge is 0.476 e. The predicted octanol–water partition coefficient (Wildman–Crippen LogP) is 4.45. The maximum atomic E-state index is 13.4. The van der Waals surface area contributed by atoms with Crippen LogP contribution in [0.25, 0.3) is 0 Å². The van der Waals surface area contributed by atoms with Crippen LogP contribution >= 0.6 is 0 Å². The molecule has 0 saturated heterocycles. The quantitative estimate of drug-likeness (QED) is 0.606. The second-order valence-corrected chi connectivity index (χ2v) is 10.3. The van der Waals surface area contributed by atoms with Crippen LogP contribution in [0.1, 0.15) is 35.2 Å². The maximum absolute atomic E-state index is 13.4. The van der Waals surface area contributed by atoms with E-state index in [2.05, 4.69) is 24.4 Å². The number of anilines is 1. The number of hydrogen-bond donors (Lipinski definition) is 1. The van der Waals surface area contributed by atoms with Crippen LogP contribution in [-0.2, 0) is 14.8 Å². The van der Waals surface area contributed by atoms with Gasteiger partial charge in [0.15, 0.2) is 6.10 Å². The van der Waals surface area contributed by atoms with E-state index in [-0.39, 0.29) is 23.4 Å². The van der Waals surface area contributed by atoms with E-state index in [1.54, 1.807) is 54.6 Å². The van der Waals surface area contributed by atoms with E-state index in [0.717, 1.165) is 16.7 Å². The summed E-state index contributed by atoms with van der Waals surface area (Å²) in [4.78, 5) is 13.4. The summed E-state index contributed by atoms with van der Waals surface area (Å²) in [6.07, 6.45) is -0.979. The molecule has 3 aromatic rings. The molecule has 0 fully saturated rings. The lowest BCUT2D eigenvalue weighted by Gasteiger charge is -2.35. The Morgan fingerprint density at radius 1 is 0.970 bits per heavy atom. The van der Waals surface area contributed by atoms with Crippen LogP contribution in [0.3, 0.4) is 0 Å². The number of amides is 1. The van der Waals surface area contributed by atoms with Gasteiger partial charge in [-0.1, -0.05) is 42.5 Å². The number of hydrogen-bond acceptors (Lipinski definition) is 4. The first kappa shape index (κ1) is 22.9. The number of aryl methyl sites for hydroxylation is 3. The number of fused-ring (bicyclic) bond motifs is 1. The molecule has 0 unspecified atom stereocenters. The zero-order valence-corrected chi connectivity index (χ0v) is 20.0. The number of nitrogens with zero attached hydrogens (tertiary/aromatic N) is 1. The van der Waals surface area contributed by atoms with Crippen LogP contribution < -0.4 is 14.4 Å². The minimum atomic E-state index is -3.87. The van der Waals surface area contributed by atoms with Crippen LogP contribution in [-0.4, -0.2) is 27.0 Å². The molecule has 2 atom stereocenters. The summed E-state index contributed by atoms with van der Waals surface area (Å²) in [7, 11) is -3.87. The van der Waals surface area contributed by atoms with Crippen LogP contribution in [0.4, 0.5) is 5.69 Å². The van der Waals surface area contributed by atoms with Gasteiger partial charge in [0.1, 0.15) is 5.75 Å². The van der Waals surface area contributed by atoms with Crippen molar-refractivity contribution in [1.82, 2.24) is 5.32 Å². The van der Waals surface area contributed by atoms with Crippen molar-refractivity contribution in [3.05, 3.63) is 89.0 Å². The van der Waals surface area contributed by atoms with Gasteiger partial charge in [-0.15, -0.1) is 0 Å². The van der Waals surface area contributed by atoms with Crippen molar-refractivity contribution in [2.45, 2.75) is 44.7 Å². The van der Waals surface area contributed by atoms with Crippen molar-refractivity contribution in [1.29, 1.82) is 0 Å². The van der Waals surface area contributed by atoms with Gasteiger partial charge in [-0.3, -0.25) is 9.10 Å². The standard InChI is InChI=1S/C26H28N2O4S/c1-17-14-19(3)22(15-18(17)2)20(4)27-26(29)25-16-28(23-12-8-9-13-24(23)32-25)33(30,31)21-10-6-5-7-11-21/h5-15,20,25H,16H2,1-4H3,(H,27,29)/t20-,25-/m1/s1. The molecule has 4 rings (SSSR count). The molecule has 1 amide bonds. The van der Waals surface area contributed by atoms with Crippen LogP contribution in [0.5, 0.6) is 5.75 Å². The predicted molar refractivity (Wildman–Crippen MR) is 129 cm³/mol. The summed E-state index contributed by atoms with van der Waals surface area (Å²) < 4.78 is 34.0. The number of carbonyl (C=O) groups is 1. The van der Waals surface area contributed by atoms with E-state index in [9.17, 15) is 13.2 Å². The van der Waals surface area contributed by atoms with Gasteiger partial charge >= 0.3 is 0 Å². The fourth-order valence-corrected chi connectivity index (χ4v) is 5.62. The molecule has 0 spiro atoms. The van der Waals surface area contributed by atoms with Gasteiger partial charge in [-0.25, -0.2) is 8.42 Å². The lowest BCUT2D eigenvalue weighted by atomic mass is 9.96. The highest BCUT2D eigenvalue weighted by Crippen LogP contribution is 2.37. The number of benzene rings is 3. The lowest BCUT2D eigenvalue weighted by Crippen LogP contribution is -2.51. The Balaban J connectivity index is 1.62. The second-order valence-electron chi connectivity index (χ2n) is 8.45. The van der Waals surface area contributed by atoms with E-state index < -0.39 is 16.1 Å². The SMILES string of the molecule is Cc1cc(C)c([C@@H](C)NC(=O)[C@H]2CN(S(=O)(=O)c3ccccc3)c3ccccc3O2)cc1C. The molecule has 3 aromatic carbocycles. The molecule has 7 heteroatoms. The fourth-order valence-electron chi connectivity index (χ4n) is 4.12. The number of ether oxygens (including phenoxy) is 1. The number of rotatable bonds is 5. The Kier molecular flexibility index (Phi) is 6.17. The molecule has 1 aliphatic rings. The summed E-state index contributed by atoms with van der Waals surface area (Å²) in [5, 5.41) is 3.01. The molecule has 0 aliphatic carbocycles. The average molecular weight is 465 g/mol. The summed E-state index contributed by atoms with van der Waals surface area (Å²) in [5.74, 6) is 0.00122. The van der Waals surface area contributed by atoms with Crippen LogP contribution in [0.2, 0.25) is 0 Å². The summed E-state index contributed by atoms with van der Waals surface area (Å²) in [6.45, 7) is 7.93. The normalized spacial score (nSPS) is 16.5. The highest BCUT2D eigenvalue weighted by Gasteiger charge is 2.37. The van der Waals surface area contributed by atoms with Gasteiger partial charge in [0.25, 0.3) is 15.9 Å². The number of nitrogens with one attached hydrogen (secondary N) is 1. The molecular weight excluding hydrogens is 436 g/mol. The number of carbonyl (C=O) groups excluding carboxylic acids is 1. The Morgan fingerprint density at radius 2 is 1.61 bits per heavy atom. The molecule has 172 valence electrons. The topological polar surface area (TPSA) is 75.7 Å². The third-order valence-corrected chi connectivity index (χ3v) is 7.86. The average Bonchev–Trinajstić information content (AvgIpc) is 2.81. The third-order valence-electron chi connectivity index (χ3n) is 6.07. The number of sulfonamides is 1. The molecule has 0 saturated carbocycles. The smallest absolute Gasteiger partial charge is 0.264 e. The van der Waals surface area contributed by atoms with Crippen LogP contribution in [0.15, 0.2) is 71.6 Å². The van der Waals surface area contributed by atoms with Crippen molar-refractivity contribution in [2.75, 3.05) is 10.8 Å². The van der Waals surface area contributed by atoms with Gasteiger partial charge in [0, 0.05) is 0 Å². The Hall–Kier alpha value is -3.32. The second kappa shape index (κ2) is 8.90. The molecule has 6 nitrogen and oxygen atoms in total. The molecule has 1 heterocycles. The first-order valence-electron chi connectivity index (χ1n) is 10.9. The molecule has 0 aromatic heterocycles. The molecular formula is C26H28N2O4S. The molecule has 1 aliphatic heterocycles. The zero-order chi connectivity index (χ0) is 23.8. The van der Waals surface area contributed by atoms with Crippen molar-refractivity contribution in [3.8, 4) is 5.75 Å². The van der Waals surface area contributed by atoms with Gasteiger partial charge < -0.3 is 10.1 Å². The zero-order valence-electron chi connectivity index (χ0n) is 19.2. The van der Waals surface area contributed by atoms with Gasteiger partial charge in [-0.2, -0.15) is 0 Å². The van der Waals surface area contributed by atoms with Crippen molar-refractivity contribution >= 4 is 21.6 Å². The minimum Gasteiger partial charge on any atom is -0.476 e. The monoisotopic (exact) mass is 464 g/mol. The Morgan fingerprint density at radius 3 is 2.33 bits per heavy atom. The van der Waals surface area contributed by atoms with E-state index >= 15 is 0 Å². The molecule has 1 N–H and O–H groups in total. The maximum Gasteiger partial charge on any atom is 0.264 e. The summed E-state index contributed by atoms with van der Waals surface area (Å²) >= 11 is 0. The number of para-hydroxylation sites is 2. The summed E-state index contributed by atoms with van der Waals surface area (Å²) in [6, 6.07) is 19.0. The van der Waals surface area contributed by atoms with Crippen LogP contribution in [0, 0.1) is 20.8 Å². The minimum absolute atomic E-state index is 0.112. The van der Waals surface area contributed by atoms with Crippen molar-refractivity contribution in [3.63, 3.8) is 0 Å². The third kappa shape index (κ3) is 4.46. The van der Waals surface area contributed by atoms with Gasteiger partial charge in [-0.05, 0) is 74.2 Å². The molecule has 0 bridgehead atoms. The Bertz CT molecular complexity index is 1290. The van der Waals surface area contributed by atoms with E-state index in [1.807, 2.05) is 20.8 Å².